The molecule has 2 unspecified atom stereocenters. The summed E-state index contributed by atoms with van der Waals surface area (Å²) in [6.45, 7) is 9.49. The third-order valence-corrected chi connectivity index (χ3v) is 5.21. The molecule has 0 spiro atoms. The molecule has 0 radical (unpaired) electrons. The van der Waals surface area contributed by atoms with Crippen LogP contribution in [-0.4, -0.2) is 17.8 Å². The van der Waals surface area contributed by atoms with Crippen molar-refractivity contribution in [2.24, 2.45) is 11.3 Å². The van der Waals surface area contributed by atoms with Gasteiger partial charge in [0.1, 0.15) is 0 Å². The van der Waals surface area contributed by atoms with Crippen molar-refractivity contribution < 1.29 is 5.11 Å². The number of fused-ring (bicyclic) bond motifs is 1. The highest BCUT2D eigenvalue weighted by atomic mass is 35.5. The summed E-state index contributed by atoms with van der Waals surface area (Å²) in [5, 5.41) is 14.7. The highest BCUT2D eigenvalue weighted by Crippen LogP contribution is 2.45. The molecule has 0 aromatic heterocycles. The van der Waals surface area contributed by atoms with E-state index >= 15 is 0 Å². The SMILES string of the molecule is CCC(CC)C(O)CNC1c2cc(Cl)ccc2CC1(C)C. The van der Waals surface area contributed by atoms with Gasteiger partial charge in [-0.1, -0.05) is 58.2 Å². The molecule has 0 aliphatic heterocycles. The van der Waals surface area contributed by atoms with Crippen LogP contribution in [0.15, 0.2) is 18.2 Å². The maximum absolute atomic E-state index is 10.4. The maximum Gasteiger partial charge on any atom is 0.0692 e. The second kappa shape index (κ2) is 6.68. The Labute approximate surface area is 133 Å². The standard InChI is InChI=1S/C18H28ClNO/c1-5-12(6-2)16(21)11-20-17-15-9-14(19)8-7-13(15)10-18(17,3)4/h7-9,12,16-17,20-21H,5-6,10-11H2,1-4H3. The van der Waals surface area contributed by atoms with Gasteiger partial charge < -0.3 is 10.4 Å². The van der Waals surface area contributed by atoms with Crippen molar-refractivity contribution in [1.82, 2.24) is 5.32 Å². The molecule has 0 bridgehead atoms. The lowest BCUT2D eigenvalue weighted by molar-refractivity contribution is 0.0918. The molecule has 2 rings (SSSR count). The number of aliphatic hydroxyl groups excluding tert-OH is 1. The molecule has 21 heavy (non-hydrogen) atoms. The third-order valence-electron chi connectivity index (χ3n) is 4.97. The van der Waals surface area contributed by atoms with Gasteiger partial charge in [-0.3, -0.25) is 0 Å². The van der Waals surface area contributed by atoms with E-state index < -0.39 is 0 Å². The van der Waals surface area contributed by atoms with Gasteiger partial charge in [-0.15, -0.1) is 0 Å². The van der Waals surface area contributed by atoms with E-state index in [9.17, 15) is 5.11 Å². The van der Waals surface area contributed by atoms with Crippen LogP contribution in [0, 0.1) is 11.3 Å². The van der Waals surface area contributed by atoms with Gasteiger partial charge in [0.25, 0.3) is 0 Å². The van der Waals surface area contributed by atoms with Crippen molar-refractivity contribution in [2.75, 3.05) is 6.54 Å². The maximum atomic E-state index is 10.4. The van der Waals surface area contributed by atoms with Gasteiger partial charge in [0.2, 0.25) is 0 Å². The number of hydrogen-bond donors (Lipinski definition) is 2. The van der Waals surface area contributed by atoms with Gasteiger partial charge in [-0.05, 0) is 41.0 Å². The zero-order valence-corrected chi connectivity index (χ0v) is 14.4. The number of halogens is 1. The minimum atomic E-state index is -0.279. The molecule has 118 valence electrons. The lowest BCUT2D eigenvalue weighted by Gasteiger charge is -2.31. The van der Waals surface area contributed by atoms with Crippen LogP contribution in [-0.2, 0) is 6.42 Å². The zero-order chi connectivity index (χ0) is 15.6. The van der Waals surface area contributed by atoms with Crippen molar-refractivity contribution in [3.8, 4) is 0 Å². The van der Waals surface area contributed by atoms with Gasteiger partial charge in [-0.2, -0.15) is 0 Å². The zero-order valence-electron chi connectivity index (χ0n) is 13.6. The van der Waals surface area contributed by atoms with Crippen LogP contribution in [0.5, 0.6) is 0 Å². The van der Waals surface area contributed by atoms with E-state index in [4.69, 9.17) is 11.6 Å². The molecule has 0 saturated carbocycles. The summed E-state index contributed by atoms with van der Waals surface area (Å²) in [5.74, 6) is 0.376. The quantitative estimate of drug-likeness (QED) is 0.819. The van der Waals surface area contributed by atoms with Gasteiger partial charge in [0.15, 0.2) is 0 Å². The number of nitrogens with one attached hydrogen (secondary N) is 1. The van der Waals surface area contributed by atoms with Crippen molar-refractivity contribution in [2.45, 2.75) is 59.1 Å². The van der Waals surface area contributed by atoms with Gasteiger partial charge in [0.05, 0.1) is 6.10 Å². The van der Waals surface area contributed by atoms with Crippen LogP contribution in [0.3, 0.4) is 0 Å². The Kier molecular flexibility index (Phi) is 5.34. The largest absolute Gasteiger partial charge is 0.392 e. The van der Waals surface area contributed by atoms with Crippen molar-refractivity contribution in [3.05, 3.63) is 34.3 Å². The highest BCUT2D eigenvalue weighted by Gasteiger charge is 2.39. The first-order valence-corrected chi connectivity index (χ1v) is 8.46. The molecule has 0 heterocycles. The van der Waals surface area contributed by atoms with Crippen LogP contribution < -0.4 is 5.32 Å². The average Bonchev–Trinajstić information content (AvgIpc) is 2.67. The minimum absolute atomic E-state index is 0.153. The summed E-state index contributed by atoms with van der Waals surface area (Å²) in [4.78, 5) is 0. The summed E-state index contributed by atoms with van der Waals surface area (Å²) in [6, 6.07) is 6.44. The summed E-state index contributed by atoms with van der Waals surface area (Å²) in [5.41, 5.74) is 2.82. The lowest BCUT2D eigenvalue weighted by Crippen LogP contribution is -2.38. The fraction of sp³-hybridized carbons (Fsp3) is 0.667. The van der Waals surface area contributed by atoms with E-state index in [-0.39, 0.29) is 17.6 Å². The second-order valence-electron chi connectivity index (χ2n) is 6.99. The Bertz CT molecular complexity index is 482. The fourth-order valence-corrected chi connectivity index (χ4v) is 3.81. The van der Waals surface area contributed by atoms with Crippen LogP contribution >= 0.6 is 11.6 Å². The molecule has 2 nitrogen and oxygen atoms in total. The molecule has 3 heteroatoms. The number of rotatable bonds is 6. The van der Waals surface area contributed by atoms with E-state index in [1.807, 2.05) is 6.07 Å². The van der Waals surface area contributed by atoms with Gasteiger partial charge in [0, 0.05) is 17.6 Å². The molecule has 0 fully saturated rings. The smallest absolute Gasteiger partial charge is 0.0692 e. The van der Waals surface area contributed by atoms with Crippen molar-refractivity contribution in [1.29, 1.82) is 0 Å². The number of hydrogen-bond acceptors (Lipinski definition) is 2. The molecule has 2 N–H and O–H groups in total. The number of benzene rings is 1. The van der Waals surface area contributed by atoms with Crippen LogP contribution in [0.4, 0.5) is 0 Å². The Balaban J connectivity index is 2.10. The van der Waals surface area contributed by atoms with Crippen molar-refractivity contribution >= 4 is 11.6 Å². The first-order valence-electron chi connectivity index (χ1n) is 8.08. The summed E-state index contributed by atoms with van der Waals surface area (Å²) in [7, 11) is 0. The predicted octanol–water partition coefficient (Wildman–Crippen LogP) is 4.35. The van der Waals surface area contributed by atoms with E-state index in [0.29, 0.717) is 12.5 Å². The summed E-state index contributed by atoms with van der Waals surface area (Å²) in [6.07, 6.45) is 2.82. The van der Waals surface area contributed by atoms with E-state index in [0.717, 1.165) is 24.3 Å². The molecule has 0 amide bonds. The fourth-order valence-electron chi connectivity index (χ4n) is 3.63. The normalized spacial score (nSPS) is 21.6. The van der Waals surface area contributed by atoms with Crippen LogP contribution in [0.2, 0.25) is 5.02 Å². The molecule has 1 aromatic carbocycles. The predicted molar refractivity (Wildman–Crippen MR) is 89.8 cm³/mol. The van der Waals surface area contributed by atoms with Crippen LogP contribution in [0.25, 0.3) is 0 Å². The lowest BCUT2D eigenvalue weighted by atomic mass is 9.85. The minimum Gasteiger partial charge on any atom is -0.392 e. The molecule has 2 atom stereocenters. The summed E-state index contributed by atoms with van der Waals surface area (Å²) < 4.78 is 0. The molecular formula is C18H28ClNO. The topological polar surface area (TPSA) is 32.3 Å². The Morgan fingerprint density at radius 1 is 1.33 bits per heavy atom. The van der Waals surface area contributed by atoms with Gasteiger partial charge in [-0.25, -0.2) is 0 Å². The molecule has 0 saturated heterocycles. The molecule has 1 aliphatic rings. The molecular weight excluding hydrogens is 282 g/mol. The van der Waals surface area contributed by atoms with Gasteiger partial charge >= 0.3 is 0 Å². The number of aliphatic hydroxyl groups is 1. The van der Waals surface area contributed by atoms with Crippen molar-refractivity contribution in [3.63, 3.8) is 0 Å². The van der Waals surface area contributed by atoms with E-state index in [1.165, 1.54) is 11.1 Å². The summed E-state index contributed by atoms with van der Waals surface area (Å²) >= 11 is 6.16. The monoisotopic (exact) mass is 309 g/mol. The highest BCUT2D eigenvalue weighted by molar-refractivity contribution is 6.30. The molecule has 1 aromatic rings. The van der Waals surface area contributed by atoms with E-state index in [2.05, 4.69) is 45.1 Å². The average molecular weight is 310 g/mol. The Morgan fingerprint density at radius 3 is 2.62 bits per heavy atom. The Morgan fingerprint density at radius 2 is 2.00 bits per heavy atom. The third kappa shape index (κ3) is 3.61. The first-order chi connectivity index (χ1) is 9.89. The second-order valence-corrected chi connectivity index (χ2v) is 7.43. The van der Waals surface area contributed by atoms with E-state index in [1.54, 1.807) is 0 Å². The van der Waals surface area contributed by atoms with Crippen LogP contribution in [0.1, 0.15) is 57.7 Å². The molecule has 1 aliphatic carbocycles. The Hall–Kier alpha value is -0.570. The first kappa shape index (κ1) is 16.8.